The number of hydrogen-bond donors (Lipinski definition) is 0. The van der Waals surface area contributed by atoms with Gasteiger partial charge in [-0.05, 0) is 59.7 Å². The minimum Gasteiger partial charge on any atom is -0.376 e. The van der Waals surface area contributed by atoms with E-state index in [0.29, 0.717) is 12.2 Å². The molecule has 78 valence electrons. The van der Waals surface area contributed by atoms with Gasteiger partial charge < -0.3 is 9.64 Å². The summed E-state index contributed by atoms with van der Waals surface area (Å²) in [5.41, 5.74) is 0. The summed E-state index contributed by atoms with van der Waals surface area (Å²) < 4.78 is 5.81. The molecule has 0 aliphatic carbocycles. The Kier molecular flexibility index (Phi) is 4.20. The SMILES string of the molecule is CC(C)O[C@@H](C)C1CCN(C)CC1. The van der Waals surface area contributed by atoms with Gasteiger partial charge in [0.15, 0.2) is 0 Å². The van der Waals surface area contributed by atoms with Crippen LogP contribution in [0.2, 0.25) is 0 Å². The van der Waals surface area contributed by atoms with Gasteiger partial charge in [0, 0.05) is 0 Å². The first-order valence-corrected chi connectivity index (χ1v) is 5.43. The lowest BCUT2D eigenvalue weighted by Gasteiger charge is -2.33. The molecule has 2 nitrogen and oxygen atoms in total. The van der Waals surface area contributed by atoms with Gasteiger partial charge in [-0.25, -0.2) is 0 Å². The van der Waals surface area contributed by atoms with Crippen molar-refractivity contribution in [3.8, 4) is 0 Å². The first kappa shape index (κ1) is 11.0. The third-order valence-corrected chi connectivity index (χ3v) is 2.91. The van der Waals surface area contributed by atoms with E-state index in [1.807, 2.05) is 0 Å². The van der Waals surface area contributed by atoms with Crippen LogP contribution in [0.4, 0.5) is 0 Å². The second-order valence-electron chi connectivity index (χ2n) is 4.53. The van der Waals surface area contributed by atoms with E-state index in [9.17, 15) is 0 Å². The topological polar surface area (TPSA) is 12.5 Å². The van der Waals surface area contributed by atoms with Gasteiger partial charge in [-0.3, -0.25) is 0 Å². The summed E-state index contributed by atoms with van der Waals surface area (Å²) in [7, 11) is 2.20. The van der Waals surface area contributed by atoms with Crippen molar-refractivity contribution in [2.45, 2.75) is 45.8 Å². The molecule has 0 N–H and O–H groups in total. The average Bonchev–Trinajstić information content (AvgIpc) is 2.04. The van der Waals surface area contributed by atoms with Crippen LogP contribution in [0.15, 0.2) is 0 Å². The van der Waals surface area contributed by atoms with Crippen LogP contribution >= 0.6 is 0 Å². The molecule has 0 saturated carbocycles. The standard InChI is InChI=1S/C11H23NO/c1-9(2)13-10(3)11-5-7-12(4)8-6-11/h9-11H,5-8H2,1-4H3/t10-/m0/s1. The van der Waals surface area contributed by atoms with Crippen molar-refractivity contribution >= 4 is 0 Å². The molecule has 1 rings (SSSR count). The van der Waals surface area contributed by atoms with Gasteiger partial charge in [-0.2, -0.15) is 0 Å². The Bertz CT molecular complexity index is 139. The number of piperidine rings is 1. The highest BCUT2D eigenvalue weighted by molar-refractivity contribution is 4.74. The van der Waals surface area contributed by atoms with Crippen LogP contribution in [-0.4, -0.2) is 37.2 Å². The third-order valence-electron chi connectivity index (χ3n) is 2.91. The van der Waals surface area contributed by atoms with Crippen molar-refractivity contribution in [2.24, 2.45) is 5.92 Å². The zero-order valence-electron chi connectivity index (χ0n) is 9.42. The van der Waals surface area contributed by atoms with Crippen LogP contribution < -0.4 is 0 Å². The van der Waals surface area contributed by atoms with E-state index in [4.69, 9.17) is 4.74 Å². The van der Waals surface area contributed by atoms with Crippen molar-refractivity contribution in [1.29, 1.82) is 0 Å². The van der Waals surface area contributed by atoms with Crippen molar-refractivity contribution in [3.05, 3.63) is 0 Å². The smallest absolute Gasteiger partial charge is 0.0579 e. The molecule has 0 unspecified atom stereocenters. The molecule has 0 bridgehead atoms. The first-order chi connectivity index (χ1) is 6.09. The van der Waals surface area contributed by atoms with Gasteiger partial charge in [0.1, 0.15) is 0 Å². The maximum absolute atomic E-state index is 5.81. The fourth-order valence-electron chi connectivity index (χ4n) is 2.04. The Morgan fingerprint density at radius 1 is 1.15 bits per heavy atom. The van der Waals surface area contributed by atoms with E-state index in [2.05, 4.69) is 32.7 Å². The van der Waals surface area contributed by atoms with Crippen LogP contribution in [0, 0.1) is 5.92 Å². The van der Waals surface area contributed by atoms with Crippen molar-refractivity contribution < 1.29 is 4.74 Å². The molecular formula is C11H23NO. The summed E-state index contributed by atoms with van der Waals surface area (Å²) >= 11 is 0. The van der Waals surface area contributed by atoms with Gasteiger partial charge in [0.05, 0.1) is 12.2 Å². The van der Waals surface area contributed by atoms with Gasteiger partial charge in [-0.15, -0.1) is 0 Å². The Balaban J connectivity index is 2.27. The van der Waals surface area contributed by atoms with E-state index >= 15 is 0 Å². The molecule has 0 aromatic rings. The predicted octanol–water partition coefficient (Wildman–Crippen LogP) is 2.14. The van der Waals surface area contributed by atoms with Crippen molar-refractivity contribution in [2.75, 3.05) is 20.1 Å². The van der Waals surface area contributed by atoms with E-state index in [-0.39, 0.29) is 0 Å². The maximum atomic E-state index is 5.81. The van der Waals surface area contributed by atoms with Crippen LogP contribution in [0.1, 0.15) is 33.6 Å². The normalized spacial score (nSPS) is 23.8. The second-order valence-corrected chi connectivity index (χ2v) is 4.53. The van der Waals surface area contributed by atoms with E-state index in [0.717, 1.165) is 5.92 Å². The van der Waals surface area contributed by atoms with Crippen LogP contribution in [0.25, 0.3) is 0 Å². The quantitative estimate of drug-likeness (QED) is 0.668. The zero-order valence-corrected chi connectivity index (χ0v) is 9.42. The number of rotatable bonds is 3. The highest BCUT2D eigenvalue weighted by Crippen LogP contribution is 2.22. The minimum atomic E-state index is 0.370. The van der Waals surface area contributed by atoms with Crippen LogP contribution in [0.3, 0.4) is 0 Å². The van der Waals surface area contributed by atoms with E-state index in [1.165, 1.54) is 25.9 Å². The summed E-state index contributed by atoms with van der Waals surface area (Å²) in [4.78, 5) is 2.40. The molecule has 1 aliphatic heterocycles. The molecule has 0 aromatic carbocycles. The summed E-state index contributed by atoms with van der Waals surface area (Å²) in [5.74, 6) is 0.776. The number of likely N-dealkylation sites (tertiary alicyclic amines) is 1. The minimum absolute atomic E-state index is 0.370. The predicted molar refractivity (Wildman–Crippen MR) is 55.9 cm³/mol. The molecule has 1 fully saturated rings. The molecule has 13 heavy (non-hydrogen) atoms. The summed E-state index contributed by atoms with van der Waals surface area (Å²) in [6.45, 7) is 8.92. The van der Waals surface area contributed by atoms with Gasteiger partial charge in [0.25, 0.3) is 0 Å². The number of nitrogens with zero attached hydrogens (tertiary/aromatic N) is 1. The fourth-order valence-corrected chi connectivity index (χ4v) is 2.04. The summed E-state index contributed by atoms with van der Waals surface area (Å²) in [6, 6.07) is 0. The highest BCUT2D eigenvalue weighted by Gasteiger charge is 2.23. The molecule has 0 spiro atoms. The van der Waals surface area contributed by atoms with E-state index in [1.54, 1.807) is 0 Å². The van der Waals surface area contributed by atoms with Gasteiger partial charge in [0.2, 0.25) is 0 Å². The molecule has 1 atom stereocenters. The molecule has 0 aromatic heterocycles. The van der Waals surface area contributed by atoms with Crippen molar-refractivity contribution in [3.63, 3.8) is 0 Å². The molecular weight excluding hydrogens is 162 g/mol. The van der Waals surface area contributed by atoms with Crippen molar-refractivity contribution in [1.82, 2.24) is 4.90 Å². The lowest BCUT2D eigenvalue weighted by atomic mass is 9.92. The Labute approximate surface area is 82.3 Å². The molecule has 1 heterocycles. The molecule has 1 saturated heterocycles. The second kappa shape index (κ2) is 4.97. The Hall–Kier alpha value is -0.0800. The largest absolute Gasteiger partial charge is 0.376 e. The van der Waals surface area contributed by atoms with E-state index < -0.39 is 0 Å². The number of hydrogen-bond acceptors (Lipinski definition) is 2. The average molecular weight is 185 g/mol. The Morgan fingerprint density at radius 3 is 2.15 bits per heavy atom. The molecule has 1 aliphatic rings. The highest BCUT2D eigenvalue weighted by atomic mass is 16.5. The number of ether oxygens (including phenoxy) is 1. The third kappa shape index (κ3) is 3.65. The van der Waals surface area contributed by atoms with Crippen LogP contribution in [0.5, 0.6) is 0 Å². The van der Waals surface area contributed by atoms with Gasteiger partial charge in [-0.1, -0.05) is 0 Å². The summed E-state index contributed by atoms with van der Waals surface area (Å²) in [5, 5.41) is 0. The van der Waals surface area contributed by atoms with Crippen LogP contribution in [-0.2, 0) is 4.74 Å². The molecule has 2 heteroatoms. The fraction of sp³-hybridized carbons (Fsp3) is 1.00. The summed E-state index contributed by atoms with van der Waals surface area (Å²) in [6.07, 6.45) is 3.40. The lowest BCUT2D eigenvalue weighted by molar-refractivity contribution is -0.0295. The maximum Gasteiger partial charge on any atom is 0.0579 e. The zero-order chi connectivity index (χ0) is 9.84. The van der Waals surface area contributed by atoms with Gasteiger partial charge >= 0.3 is 0 Å². The first-order valence-electron chi connectivity index (χ1n) is 5.43. The lowest BCUT2D eigenvalue weighted by Crippen LogP contribution is -2.36. The monoisotopic (exact) mass is 185 g/mol. The Morgan fingerprint density at radius 2 is 1.69 bits per heavy atom. The molecule has 0 radical (unpaired) electrons. The molecule has 0 amide bonds.